The Labute approximate surface area is 129 Å². The topological polar surface area (TPSA) is 49.4 Å². The van der Waals surface area contributed by atoms with Crippen molar-refractivity contribution in [1.82, 2.24) is 0 Å². The molecule has 0 amide bonds. The fourth-order valence-corrected chi connectivity index (χ4v) is 3.06. The van der Waals surface area contributed by atoms with E-state index >= 15 is 0 Å². The molecule has 0 fully saturated rings. The molecule has 0 heterocycles. The van der Waals surface area contributed by atoms with Crippen LogP contribution in [0.25, 0.3) is 0 Å². The third kappa shape index (κ3) is 4.11. The van der Waals surface area contributed by atoms with Gasteiger partial charge >= 0.3 is 6.18 Å². The van der Waals surface area contributed by atoms with Gasteiger partial charge in [-0.25, -0.2) is 0 Å². The Hall–Kier alpha value is -1.33. The highest BCUT2D eigenvalue weighted by atomic mass is 35.5. The minimum atomic E-state index is -4.89. The monoisotopic (exact) mass is 349 g/mol. The fourth-order valence-electron chi connectivity index (χ4n) is 1.76. The summed E-state index contributed by atoms with van der Waals surface area (Å²) in [5.74, 6) is 0. The molecule has 3 nitrogen and oxygen atoms in total. The van der Waals surface area contributed by atoms with Crippen LogP contribution in [-0.4, -0.2) is 6.18 Å². The SMILES string of the molecule is O=P([O-])(OC(c1ccc(Cl)cc1)C(F)(F)F)c1ccccc1. The molecule has 0 aliphatic carbocycles. The lowest BCUT2D eigenvalue weighted by Gasteiger charge is -2.30. The summed E-state index contributed by atoms with van der Waals surface area (Å²) in [5.41, 5.74) is -0.344. The molecule has 0 aliphatic heterocycles. The number of benzene rings is 2. The lowest BCUT2D eigenvalue weighted by Crippen LogP contribution is -2.27. The van der Waals surface area contributed by atoms with Crippen molar-refractivity contribution < 1.29 is 27.2 Å². The molecule has 0 aromatic heterocycles. The zero-order valence-electron chi connectivity index (χ0n) is 11.0. The van der Waals surface area contributed by atoms with Crippen molar-refractivity contribution in [2.45, 2.75) is 12.3 Å². The third-order valence-corrected chi connectivity index (χ3v) is 4.46. The normalized spacial score (nSPS) is 16.0. The molecule has 0 radical (unpaired) electrons. The summed E-state index contributed by atoms with van der Waals surface area (Å²) < 4.78 is 55.9. The molecule has 0 aliphatic rings. The molecule has 0 saturated carbocycles. The molecule has 8 heteroatoms. The van der Waals surface area contributed by atoms with Crippen molar-refractivity contribution in [2.24, 2.45) is 0 Å². The zero-order chi connectivity index (χ0) is 16.4. The standard InChI is InChI=1S/C14H11ClF3O3P/c15-11-8-6-10(7-9-11)13(14(16,17)18)21-22(19,20)12-4-2-1-3-5-12/h1-9,13H,(H,19,20)/p-1. The highest BCUT2D eigenvalue weighted by Crippen LogP contribution is 2.48. The molecule has 2 rings (SSSR count). The van der Waals surface area contributed by atoms with E-state index in [2.05, 4.69) is 4.52 Å². The maximum absolute atomic E-state index is 13.1. The zero-order valence-corrected chi connectivity index (χ0v) is 12.6. The molecule has 118 valence electrons. The first kappa shape index (κ1) is 17.0. The van der Waals surface area contributed by atoms with Gasteiger partial charge in [-0.1, -0.05) is 54.1 Å². The summed E-state index contributed by atoms with van der Waals surface area (Å²) in [6, 6.07) is 11.3. The van der Waals surface area contributed by atoms with E-state index in [1.54, 1.807) is 6.07 Å². The number of hydrogen-bond donors (Lipinski definition) is 0. The molecule has 2 aromatic carbocycles. The average molecular weight is 350 g/mol. The van der Waals surface area contributed by atoms with E-state index in [1.165, 1.54) is 36.4 Å². The molecule has 2 atom stereocenters. The van der Waals surface area contributed by atoms with E-state index in [-0.39, 0.29) is 15.9 Å². The van der Waals surface area contributed by atoms with Gasteiger partial charge in [0.05, 0.1) is 0 Å². The van der Waals surface area contributed by atoms with Crippen molar-refractivity contribution in [3.8, 4) is 0 Å². The Morgan fingerprint density at radius 2 is 1.59 bits per heavy atom. The molecule has 0 saturated heterocycles. The van der Waals surface area contributed by atoms with Gasteiger partial charge in [0.25, 0.3) is 0 Å². The maximum atomic E-state index is 13.1. The second-order valence-corrected chi connectivity index (χ2v) is 6.57. The summed E-state index contributed by atoms with van der Waals surface area (Å²) in [6.45, 7) is 0. The van der Waals surface area contributed by atoms with Crippen LogP contribution < -0.4 is 10.2 Å². The molecule has 2 unspecified atom stereocenters. The summed E-state index contributed by atoms with van der Waals surface area (Å²) in [7, 11) is -4.88. The second-order valence-electron chi connectivity index (χ2n) is 4.41. The van der Waals surface area contributed by atoms with E-state index < -0.39 is 19.9 Å². The first-order valence-electron chi connectivity index (χ1n) is 6.07. The maximum Gasteiger partial charge on any atom is 0.419 e. The van der Waals surface area contributed by atoms with Gasteiger partial charge in [-0.15, -0.1) is 0 Å². The van der Waals surface area contributed by atoms with Crippen LogP contribution in [0.1, 0.15) is 11.7 Å². The van der Waals surface area contributed by atoms with Crippen LogP contribution in [-0.2, 0) is 9.09 Å². The first-order valence-corrected chi connectivity index (χ1v) is 7.99. The van der Waals surface area contributed by atoms with E-state index in [0.717, 1.165) is 12.1 Å². The molecule has 0 spiro atoms. The summed E-state index contributed by atoms with van der Waals surface area (Å²) in [5, 5.41) is -0.0868. The highest BCUT2D eigenvalue weighted by Gasteiger charge is 2.44. The quantitative estimate of drug-likeness (QED) is 0.788. The third-order valence-electron chi connectivity index (χ3n) is 2.79. The van der Waals surface area contributed by atoms with Crippen molar-refractivity contribution in [1.29, 1.82) is 0 Å². The van der Waals surface area contributed by atoms with E-state index in [9.17, 15) is 22.6 Å². The lowest BCUT2D eigenvalue weighted by atomic mass is 10.1. The molecule has 0 bridgehead atoms. The van der Waals surface area contributed by atoms with Crippen LogP contribution in [0.3, 0.4) is 0 Å². The predicted octanol–water partition coefficient (Wildman–Crippen LogP) is 3.84. The number of halogens is 4. The molecule has 0 N–H and O–H groups in total. The fraction of sp³-hybridized carbons (Fsp3) is 0.143. The Morgan fingerprint density at radius 1 is 1.05 bits per heavy atom. The Kier molecular flexibility index (Phi) is 4.97. The van der Waals surface area contributed by atoms with Crippen LogP contribution in [0.4, 0.5) is 13.2 Å². The summed E-state index contributed by atoms with van der Waals surface area (Å²) >= 11 is 5.62. The van der Waals surface area contributed by atoms with Crippen molar-refractivity contribution in [3.05, 3.63) is 65.2 Å². The largest absolute Gasteiger partial charge is 0.775 e. The van der Waals surface area contributed by atoms with E-state index in [1.807, 2.05) is 0 Å². The Morgan fingerprint density at radius 3 is 2.09 bits per heavy atom. The smallest absolute Gasteiger partial charge is 0.419 e. The van der Waals surface area contributed by atoms with Gasteiger partial charge in [-0.05, 0) is 17.7 Å². The second kappa shape index (κ2) is 6.42. The van der Waals surface area contributed by atoms with Crippen molar-refractivity contribution in [2.75, 3.05) is 0 Å². The van der Waals surface area contributed by atoms with Gasteiger partial charge in [0.2, 0.25) is 0 Å². The van der Waals surface area contributed by atoms with Gasteiger partial charge in [-0.2, -0.15) is 13.2 Å². The van der Waals surface area contributed by atoms with E-state index in [0.29, 0.717) is 0 Å². The number of hydrogen-bond acceptors (Lipinski definition) is 3. The minimum absolute atomic E-state index is 0.234. The van der Waals surface area contributed by atoms with Gasteiger partial charge < -0.3 is 14.0 Å². The van der Waals surface area contributed by atoms with Gasteiger partial charge in [-0.3, -0.25) is 0 Å². The minimum Gasteiger partial charge on any atom is -0.775 e. The van der Waals surface area contributed by atoms with Gasteiger partial charge in [0.1, 0.15) is 0 Å². The van der Waals surface area contributed by atoms with Crippen LogP contribution in [0.5, 0.6) is 0 Å². The predicted molar refractivity (Wildman–Crippen MR) is 75.0 cm³/mol. The Balaban J connectivity index is 2.36. The highest BCUT2D eigenvalue weighted by molar-refractivity contribution is 7.59. The van der Waals surface area contributed by atoms with Crippen LogP contribution in [0, 0.1) is 0 Å². The Bertz CT molecular complexity index is 674. The van der Waals surface area contributed by atoms with Crippen LogP contribution in [0.2, 0.25) is 5.02 Å². The van der Waals surface area contributed by atoms with Crippen LogP contribution in [0.15, 0.2) is 54.6 Å². The number of rotatable bonds is 4. The first-order chi connectivity index (χ1) is 10.2. The average Bonchev–Trinajstić information content (AvgIpc) is 2.46. The van der Waals surface area contributed by atoms with Crippen molar-refractivity contribution in [3.63, 3.8) is 0 Å². The molecule has 2 aromatic rings. The van der Waals surface area contributed by atoms with E-state index in [4.69, 9.17) is 11.6 Å². The lowest BCUT2D eigenvalue weighted by molar-refractivity contribution is -0.237. The van der Waals surface area contributed by atoms with Gasteiger partial charge in [0.15, 0.2) is 13.7 Å². The number of alkyl halides is 3. The van der Waals surface area contributed by atoms with Crippen molar-refractivity contribution >= 4 is 24.5 Å². The summed E-state index contributed by atoms with van der Waals surface area (Å²) in [6.07, 6.45) is -7.48. The molecular formula is C14H10ClF3O3P-. The summed E-state index contributed by atoms with van der Waals surface area (Å²) in [4.78, 5) is 12.0. The molecule has 22 heavy (non-hydrogen) atoms. The van der Waals surface area contributed by atoms with Gasteiger partial charge in [0, 0.05) is 10.3 Å². The van der Waals surface area contributed by atoms with Crippen LogP contribution >= 0.6 is 19.2 Å². The molecular weight excluding hydrogens is 340 g/mol.